The predicted molar refractivity (Wildman–Crippen MR) is 53.0 cm³/mol. The predicted octanol–water partition coefficient (Wildman–Crippen LogP) is 0.334. The van der Waals surface area contributed by atoms with E-state index < -0.39 is 6.29 Å². The van der Waals surface area contributed by atoms with Gasteiger partial charge in [0.05, 0.1) is 0 Å². The number of hydrogen-bond acceptors (Lipinski definition) is 4. The molecule has 0 aromatic rings. The zero-order chi connectivity index (χ0) is 9.97. The van der Waals surface area contributed by atoms with Crippen LogP contribution < -0.4 is 5.43 Å². The Labute approximate surface area is 84.2 Å². The number of rotatable bonds is 2. The minimum atomic E-state index is -1.31. The number of hydrogen-bond donors (Lipinski definition) is 3. The first-order valence-electron chi connectivity index (χ1n) is 5.36. The Hall–Kier alpha value is -0.580. The van der Waals surface area contributed by atoms with Crippen LogP contribution in [0.3, 0.4) is 0 Å². The first-order valence-corrected chi connectivity index (χ1v) is 5.36. The zero-order valence-corrected chi connectivity index (χ0v) is 8.32. The van der Waals surface area contributed by atoms with Gasteiger partial charge in [0.25, 0.3) is 0 Å². The number of nitrogens with zero attached hydrogens (tertiary/aromatic N) is 1. The SMILES string of the molecule is OC(O)C1=CN(C2CCCCC2)NC1. The summed E-state index contributed by atoms with van der Waals surface area (Å²) in [6.07, 6.45) is 6.86. The molecule has 1 fully saturated rings. The maximum absolute atomic E-state index is 8.99. The average Bonchev–Trinajstić information content (AvgIpc) is 2.68. The molecule has 4 nitrogen and oxygen atoms in total. The summed E-state index contributed by atoms with van der Waals surface area (Å²) in [6, 6.07) is 0.542. The Morgan fingerprint density at radius 3 is 2.57 bits per heavy atom. The van der Waals surface area contributed by atoms with Gasteiger partial charge in [0.2, 0.25) is 0 Å². The van der Waals surface area contributed by atoms with Gasteiger partial charge in [-0.3, -0.25) is 0 Å². The second kappa shape index (κ2) is 4.29. The molecule has 80 valence electrons. The molecule has 2 rings (SSSR count). The van der Waals surface area contributed by atoms with E-state index in [1.165, 1.54) is 32.1 Å². The van der Waals surface area contributed by atoms with Crippen molar-refractivity contribution in [1.29, 1.82) is 0 Å². The van der Waals surface area contributed by atoms with Crippen LogP contribution >= 0.6 is 0 Å². The standard InChI is InChI=1S/C10H18N2O2/c13-10(14)8-6-11-12(7-8)9-4-2-1-3-5-9/h7,9-11,13-14H,1-6H2. The van der Waals surface area contributed by atoms with Crippen LogP contribution in [-0.4, -0.2) is 34.1 Å². The van der Waals surface area contributed by atoms with E-state index in [1.54, 1.807) is 0 Å². The summed E-state index contributed by atoms with van der Waals surface area (Å²) in [4.78, 5) is 0. The molecule has 0 atom stereocenters. The number of aliphatic hydroxyl groups excluding tert-OH is 1. The van der Waals surface area contributed by atoms with Crippen LogP contribution in [0.1, 0.15) is 32.1 Å². The molecule has 2 aliphatic rings. The lowest BCUT2D eigenvalue weighted by atomic mass is 9.95. The minimum absolute atomic E-state index is 0.542. The van der Waals surface area contributed by atoms with Crippen LogP contribution in [0.4, 0.5) is 0 Å². The van der Waals surface area contributed by atoms with E-state index in [9.17, 15) is 0 Å². The molecule has 0 unspecified atom stereocenters. The lowest BCUT2D eigenvalue weighted by Gasteiger charge is -2.30. The van der Waals surface area contributed by atoms with Gasteiger partial charge < -0.3 is 15.2 Å². The van der Waals surface area contributed by atoms with Crippen molar-refractivity contribution >= 4 is 0 Å². The molecular weight excluding hydrogens is 180 g/mol. The molecule has 0 amide bonds. The number of nitrogens with one attached hydrogen (secondary N) is 1. The fourth-order valence-electron chi connectivity index (χ4n) is 2.20. The van der Waals surface area contributed by atoms with Crippen molar-refractivity contribution < 1.29 is 10.2 Å². The number of hydrazine groups is 1. The summed E-state index contributed by atoms with van der Waals surface area (Å²) in [5, 5.41) is 20.0. The van der Waals surface area contributed by atoms with E-state index in [2.05, 4.69) is 5.43 Å². The van der Waals surface area contributed by atoms with Gasteiger partial charge in [-0.2, -0.15) is 0 Å². The second-order valence-electron chi connectivity index (χ2n) is 4.11. The van der Waals surface area contributed by atoms with Gasteiger partial charge in [0.1, 0.15) is 0 Å². The van der Waals surface area contributed by atoms with E-state index in [4.69, 9.17) is 10.2 Å². The largest absolute Gasteiger partial charge is 0.364 e. The average molecular weight is 198 g/mol. The van der Waals surface area contributed by atoms with Gasteiger partial charge >= 0.3 is 0 Å². The third-order valence-electron chi connectivity index (χ3n) is 3.07. The van der Waals surface area contributed by atoms with Gasteiger partial charge in [-0.1, -0.05) is 19.3 Å². The van der Waals surface area contributed by atoms with Crippen molar-refractivity contribution in [2.24, 2.45) is 0 Å². The molecule has 0 radical (unpaired) electrons. The van der Waals surface area contributed by atoms with E-state index >= 15 is 0 Å². The van der Waals surface area contributed by atoms with Crippen LogP contribution in [0.25, 0.3) is 0 Å². The molecule has 0 bridgehead atoms. The summed E-state index contributed by atoms with van der Waals surface area (Å²) in [5.74, 6) is 0. The van der Waals surface area contributed by atoms with Crippen molar-refractivity contribution in [2.75, 3.05) is 6.54 Å². The molecule has 1 saturated carbocycles. The van der Waals surface area contributed by atoms with Gasteiger partial charge in [-0.15, -0.1) is 0 Å². The van der Waals surface area contributed by atoms with Crippen LogP contribution in [0, 0.1) is 0 Å². The van der Waals surface area contributed by atoms with Crippen molar-refractivity contribution in [3.8, 4) is 0 Å². The summed E-state index contributed by atoms with van der Waals surface area (Å²) < 4.78 is 0. The maximum atomic E-state index is 8.99. The van der Waals surface area contributed by atoms with Crippen molar-refractivity contribution in [2.45, 2.75) is 44.4 Å². The Balaban J connectivity index is 1.93. The third kappa shape index (κ3) is 2.08. The molecular formula is C10H18N2O2. The van der Waals surface area contributed by atoms with Gasteiger partial charge in [0, 0.05) is 24.4 Å². The quantitative estimate of drug-likeness (QED) is 0.560. The van der Waals surface area contributed by atoms with Crippen LogP contribution in [0.5, 0.6) is 0 Å². The molecule has 1 heterocycles. The van der Waals surface area contributed by atoms with Crippen molar-refractivity contribution in [1.82, 2.24) is 10.4 Å². The third-order valence-corrected chi connectivity index (χ3v) is 3.07. The topological polar surface area (TPSA) is 55.7 Å². The molecule has 0 spiro atoms. The lowest BCUT2D eigenvalue weighted by molar-refractivity contribution is -0.00822. The van der Waals surface area contributed by atoms with Crippen molar-refractivity contribution in [3.05, 3.63) is 11.8 Å². The summed E-state index contributed by atoms with van der Waals surface area (Å²) >= 11 is 0. The van der Waals surface area contributed by atoms with Gasteiger partial charge in [-0.05, 0) is 12.8 Å². The molecule has 0 aromatic heterocycles. The Kier molecular flexibility index (Phi) is 3.05. The summed E-state index contributed by atoms with van der Waals surface area (Å²) in [6.45, 7) is 0.564. The maximum Gasteiger partial charge on any atom is 0.177 e. The highest BCUT2D eigenvalue weighted by Crippen LogP contribution is 2.24. The molecule has 1 aliphatic carbocycles. The van der Waals surface area contributed by atoms with E-state index in [-0.39, 0.29) is 0 Å². The summed E-state index contributed by atoms with van der Waals surface area (Å²) in [7, 11) is 0. The highest BCUT2D eigenvalue weighted by Gasteiger charge is 2.24. The first kappa shape index (κ1) is 9.96. The van der Waals surface area contributed by atoms with Crippen LogP contribution in [0.2, 0.25) is 0 Å². The molecule has 14 heavy (non-hydrogen) atoms. The number of aliphatic hydroxyl groups is 2. The Bertz CT molecular complexity index is 222. The second-order valence-corrected chi connectivity index (χ2v) is 4.11. The van der Waals surface area contributed by atoms with E-state index in [1.807, 2.05) is 11.2 Å². The highest BCUT2D eigenvalue weighted by molar-refractivity contribution is 5.11. The van der Waals surface area contributed by atoms with Crippen molar-refractivity contribution in [3.63, 3.8) is 0 Å². The smallest absolute Gasteiger partial charge is 0.177 e. The fraction of sp³-hybridized carbons (Fsp3) is 0.800. The van der Waals surface area contributed by atoms with Crippen LogP contribution in [0.15, 0.2) is 11.8 Å². The Morgan fingerprint density at radius 1 is 1.29 bits per heavy atom. The van der Waals surface area contributed by atoms with Crippen LogP contribution in [-0.2, 0) is 0 Å². The minimum Gasteiger partial charge on any atom is -0.364 e. The zero-order valence-electron chi connectivity index (χ0n) is 8.32. The van der Waals surface area contributed by atoms with Gasteiger partial charge in [0.15, 0.2) is 6.29 Å². The normalized spacial score (nSPS) is 24.5. The molecule has 0 saturated heterocycles. The Morgan fingerprint density at radius 2 is 2.00 bits per heavy atom. The lowest BCUT2D eigenvalue weighted by Crippen LogP contribution is -2.39. The van der Waals surface area contributed by atoms with Gasteiger partial charge in [-0.25, -0.2) is 5.43 Å². The first-order chi connectivity index (χ1) is 6.77. The summed E-state index contributed by atoms with van der Waals surface area (Å²) in [5.41, 5.74) is 3.84. The molecule has 0 aromatic carbocycles. The molecule has 3 N–H and O–H groups in total. The molecule has 4 heteroatoms. The molecule has 1 aliphatic heterocycles. The highest BCUT2D eigenvalue weighted by atomic mass is 16.5. The monoisotopic (exact) mass is 198 g/mol. The van der Waals surface area contributed by atoms with E-state index in [0.29, 0.717) is 18.2 Å². The van der Waals surface area contributed by atoms with E-state index in [0.717, 1.165) is 0 Å². The fourth-order valence-corrected chi connectivity index (χ4v) is 2.20.